The number of hydrogen-bond donors (Lipinski definition) is 1. The Morgan fingerprint density at radius 1 is 1.33 bits per heavy atom. The fourth-order valence-electron chi connectivity index (χ4n) is 3.90. The Morgan fingerprint density at radius 3 is 2.91 bits per heavy atom. The molecule has 4 rings (SSSR count). The summed E-state index contributed by atoms with van der Waals surface area (Å²) in [6.45, 7) is 3.33. The van der Waals surface area contributed by atoms with Crippen LogP contribution in [0.3, 0.4) is 0 Å². The molecule has 1 aliphatic heterocycles. The molecule has 1 aromatic heterocycles. The molecular weight excluding hydrogens is 469 g/mol. The van der Waals surface area contributed by atoms with E-state index < -0.39 is 4.92 Å². The van der Waals surface area contributed by atoms with Gasteiger partial charge in [0.2, 0.25) is 17.6 Å². The van der Waals surface area contributed by atoms with Crippen LogP contribution in [0.15, 0.2) is 40.9 Å². The van der Waals surface area contributed by atoms with Gasteiger partial charge in [-0.3, -0.25) is 19.8 Å². The molecule has 1 saturated heterocycles. The summed E-state index contributed by atoms with van der Waals surface area (Å²) in [5, 5.41) is 19.0. The Bertz CT molecular complexity index is 1200. The molecule has 1 unspecified atom stereocenters. The highest BCUT2D eigenvalue weighted by Gasteiger charge is 2.28. The molecule has 2 aromatic carbocycles. The van der Waals surface area contributed by atoms with Crippen LogP contribution >= 0.6 is 23.2 Å². The zero-order chi connectivity index (χ0) is 23.5. The van der Waals surface area contributed by atoms with Crippen LogP contribution in [0.4, 0.5) is 11.4 Å². The average molecular weight is 490 g/mol. The largest absolute Gasteiger partial charge is 0.338 e. The Hall–Kier alpha value is -3.01. The van der Waals surface area contributed by atoms with Gasteiger partial charge in [-0.05, 0) is 50.6 Å². The number of nitro groups is 1. The van der Waals surface area contributed by atoms with Crippen LogP contribution in [0.2, 0.25) is 10.0 Å². The molecule has 1 aliphatic rings. The second-order valence-corrected chi connectivity index (χ2v) is 8.75. The number of nitro benzene ring substituents is 1. The van der Waals surface area contributed by atoms with Crippen molar-refractivity contribution >= 4 is 40.5 Å². The first-order valence-electron chi connectivity index (χ1n) is 10.4. The van der Waals surface area contributed by atoms with Gasteiger partial charge in [0, 0.05) is 23.2 Å². The van der Waals surface area contributed by atoms with Gasteiger partial charge in [0.15, 0.2) is 0 Å². The van der Waals surface area contributed by atoms with E-state index in [9.17, 15) is 14.9 Å². The summed E-state index contributed by atoms with van der Waals surface area (Å²) in [5.74, 6) is 0.374. The zero-order valence-electron chi connectivity index (χ0n) is 17.8. The third-order valence-electron chi connectivity index (χ3n) is 5.64. The lowest BCUT2D eigenvalue weighted by Gasteiger charge is -2.31. The Kier molecular flexibility index (Phi) is 6.92. The molecule has 1 fully saturated rings. The number of likely N-dealkylation sites (tertiary alicyclic amines) is 1. The summed E-state index contributed by atoms with van der Waals surface area (Å²) in [6.07, 6.45) is 1.56. The first kappa shape index (κ1) is 23.2. The van der Waals surface area contributed by atoms with E-state index in [1.807, 2.05) is 0 Å². The number of amides is 1. The van der Waals surface area contributed by atoms with Crippen molar-refractivity contribution in [3.63, 3.8) is 0 Å². The van der Waals surface area contributed by atoms with Crippen LogP contribution in [0.5, 0.6) is 0 Å². The van der Waals surface area contributed by atoms with Crippen molar-refractivity contribution in [1.82, 2.24) is 15.0 Å². The lowest BCUT2D eigenvalue weighted by Crippen LogP contribution is -2.40. The minimum Gasteiger partial charge on any atom is -0.338 e. The van der Waals surface area contributed by atoms with E-state index in [4.69, 9.17) is 27.7 Å². The second kappa shape index (κ2) is 9.86. The number of nitrogens with zero attached hydrogens (tertiary/aromatic N) is 4. The predicted molar refractivity (Wildman–Crippen MR) is 124 cm³/mol. The third-order valence-corrected chi connectivity index (χ3v) is 6.18. The molecule has 33 heavy (non-hydrogen) atoms. The highest BCUT2D eigenvalue weighted by molar-refractivity contribution is 6.36. The molecule has 11 heteroatoms. The van der Waals surface area contributed by atoms with Crippen molar-refractivity contribution in [2.45, 2.75) is 26.3 Å². The molecule has 0 saturated carbocycles. The highest BCUT2D eigenvalue weighted by Crippen LogP contribution is 2.29. The molecule has 9 nitrogen and oxygen atoms in total. The number of carbonyl (C=O) groups is 1. The number of rotatable bonds is 6. The normalized spacial score (nSPS) is 16.5. The van der Waals surface area contributed by atoms with Crippen LogP contribution in [0.1, 0.15) is 24.3 Å². The Morgan fingerprint density at radius 2 is 2.15 bits per heavy atom. The maximum atomic E-state index is 12.9. The molecular formula is C22H21Cl2N5O4. The van der Waals surface area contributed by atoms with Gasteiger partial charge in [0.05, 0.1) is 33.7 Å². The van der Waals surface area contributed by atoms with Gasteiger partial charge in [0.1, 0.15) is 0 Å². The molecule has 1 amide bonds. The number of halogens is 2. The minimum absolute atomic E-state index is 0.0222. The van der Waals surface area contributed by atoms with E-state index in [-0.39, 0.29) is 17.5 Å². The summed E-state index contributed by atoms with van der Waals surface area (Å²) in [4.78, 5) is 30.1. The van der Waals surface area contributed by atoms with Crippen LogP contribution in [0, 0.1) is 23.0 Å². The quantitative estimate of drug-likeness (QED) is 0.377. The Balaban J connectivity index is 1.40. The molecule has 1 atom stereocenters. The van der Waals surface area contributed by atoms with E-state index in [1.165, 1.54) is 6.07 Å². The van der Waals surface area contributed by atoms with E-state index >= 15 is 0 Å². The first-order chi connectivity index (χ1) is 15.8. The second-order valence-electron chi connectivity index (χ2n) is 7.91. The molecule has 0 radical (unpaired) electrons. The number of carbonyl (C=O) groups excluding carboxylic acids is 1. The molecule has 0 bridgehead atoms. The van der Waals surface area contributed by atoms with Crippen molar-refractivity contribution in [2.24, 2.45) is 5.92 Å². The smallest absolute Gasteiger partial charge is 0.274 e. The van der Waals surface area contributed by atoms with Gasteiger partial charge < -0.3 is 9.84 Å². The molecule has 3 aromatic rings. The van der Waals surface area contributed by atoms with Gasteiger partial charge in [-0.25, -0.2) is 0 Å². The Labute approximate surface area is 199 Å². The summed E-state index contributed by atoms with van der Waals surface area (Å²) in [7, 11) is 0. The topological polar surface area (TPSA) is 114 Å². The summed E-state index contributed by atoms with van der Waals surface area (Å²) in [5.41, 5.74) is 1.49. The number of aromatic nitrogens is 2. The van der Waals surface area contributed by atoms with Crippen molar-refractivity contribution in [3.05, 3.63) is 68.0 Å². The number of hydrogen-bond acceptors (Lipinski definition) is 7. The summed E-state index contributed by atoms with van der Waals surface area (Å²) in [6, 6.07) is 9.71. The molecule has 0 aliphatic carbocycles. The van der Waals surface area contributed by atoms with Crippen LogP contribution in [0.25, 0.3) is 11.4 Å². The molecule has 0 spiro atoms. The van der Waals surface area contributed by atoms with E-state index in [2.05, 4.69) is 20.4 Å². The fourth-order valence-corrected chi connectivity index (χ4v) is 4.39. The van der Waals surface area contributed by atoms with Crippen LogP contribution in [-0.4, -0.2) is 39.0 Å². The van der Waals surface area contributed by atoms with Crippen LogP contribution in [-0.2, 0) is 11.3 Å². The monoisotopic (exact) mass is 489 g/mol. The first-order valence-corrected chi connectivity index (χ1v) is 11.1. The van der Waals surface area contributed by atoms with E-state index in [0.29, 0.717) is 51.7 Å². The van der Waals surface area contributed by atoms with Crippen LogP contribution < -0.4 is 5.32 Å². The predicted octanol–water partition coefficient (Wildman–Crippen LogP) is 5.11. The maximum absolute atomic E-state index is 12.9. The van der Waals surface area contributed by atoms with Gasteiger partial charge in [0.25, 0.3) is 5.69 Å². The van der Waals surface area contributed by atoms with Gasteiger partial charge >= 0.3 is 0 Å². The number of piperidine rings is 1. The number of nitrogens with one attached hydrogen (secondary N) is 1. The van der Waals surface area contributed by atoms with Crippen molar-refractivity contribution in [2.75, 3.05) is 18.4 Å². The van der Waals surface area contributed by atoms with E-state index in [0.717, 1.165) is 19.4 Å². The van der Waals surface area contributed by atoms with Crippen molar-refractivity contribution < 1.29 is 14.2 Å². The lowest BCUT2D eigenvalue weighted by atomic mass is 9.97. The molecule has 1 N–H and O–H groups in total. The van der Waals surface area contributed by atoms with E-state index in [1.54, 1.807) is 37.3 Å². The van der Waals surface area contributed by atoms with Gasteiger partial charge in [-0.15, -0.1) is 0 Å². The highest BCUT2D eigenvalue weighted by atomic mass is 35.5. The fraction of sp³-hybridized carbons (Fsp3) is 0.318. The number of benzene rings is 2. The minimum atomic E-state index is -0.455. The zero-order valence-corrected chi connectivity index (χ0v) is 19.3. The van der Waals surface area contributed by atoms with Crippen molar-refractivity contribution in [3.8, 4) is 11.4 Å². The van der Waals surface area contributed by atoms with Gasteiger partial charge in [-0.2, -0.15) is 4.98 Å². The maximum Gasteiger partial charge on any atom is 0.274 e. The summed E-state index contributed by atoms with van der Waals surface area (Å²) >= 11 is 12.2. The standard InChI is InChI=1S/C22H21Cl2N5O4/c1-13-18(5-2-6-19(13)29(31)32)25-22(30)14-4-3-9-28(11-14)12-20-26-21(27-33-20)16-8-7-15(23)10-17(16)24/h2,5-8,10,14H,3-4,9,11-12H2,1H3,(H,25,30). The average Bonchev–Trinajstić information content (AvgIpc) is 3.23. The molecule has 172 valence electrons. The summed E-state index contributed by atoms with van der Waals surface area (Å²) < 4.78 is 5.39. The van der Waals surface area contributed by atoms with Gasteiger partial charge in [-0.1, -0.05) is 34.4 Å². The van der Waals surface area contributed by atoms with Crippen molar-refractivity contribution in [1.29, 1.82) is 0 Å². The lowest BCUT2D eigenvalue weighted by molar-refractivity contribution is -0.385. The molecule has 2 heterocycles. The third kappa shape index (κ3) is 5.32. The number of anilines is 1. The SMILES string of the molecule is Cc1c(NC(=O)C2CCCN(Cc3nc(-c4ccc(Cl)cc4Cl)no3)C2)cccc1[N+](=O)[O-].